The van der Waals surface area contributed by atoms with Crippen molar-refractivity contribution >= 4 is 23.3 Å². The zero-order valence-corrected chi connectivity index (χ0v) is 9.87. The highest BCUT2D eigenvalue weighted by Crippen LogP contribution is 2.28. The van der Waals surface area contributed by atoms with Crippen molar-refractivity contribution < 1.29 is 9.53 Å². The zero-order chi connectivity index (χ0) is 11.5. The van der Waals surface area contributed by atoms with Crippen molar-refractivity contribution in [2.45, 2.75) is 19.4 Å². The predicted molar refractivity (Wildman–Crippen MR) is 64.9 cm³/mol. The average Bonchev–Trinajstić information content (AvgIpc) is 2.71. The van der Waals surface area contributed by atoms with Crippen LogP contribution in [0.2, 0.25) is 0 Å². The lowest BCUT2D eigenvalue weighted by atomic mass is 10.1. The molecule has 0 bridgehead atoms. The molecular weight excluding hydrogens is 222 g/mol. The minimum atomic E-state index is -0.0684. The molecule has 1 unspecified atom stereocenters. The molecular formula is C12H13NO2S. The minimum Gasteiger partial charge on any atom is -0.468 e. The normalized spacial score (nSPS) is 19.7. The quantitative estimate of drug-likeness (QED) is 0.736. The molecule has 1 saturated heterocycles. The first kappa shape index (κ1) is 11.1. The topological polar surface area (TPSA) is 29.5 Å². The highest BCUT2D eigenvalue weighted by atomic mass is 32.1. The lowest BCUT2D eigenvalue weighted by Crippen LogP contribution is -2.33. The maximum absolute atomic E-state index is 11.8. The predicted octanol–water partition coefficient (Wildman–Crippen LogP) is 2.28. The van der Waals surface area contributed by atoms with E-state index in [0.29, 0.717) is 18.2 Å². The van der Waals surface area contributed by atoms with E-state index in [1.54, 1.807) is 4.90 Å². The van der Waals surface area contributed by atoms with E-state index < -0.39 is 0 Å². The molecule has 1 atom stereocenters. The fraction of sp³-hybridized carbons (Fsp3) is 0.333. The smallest absolute Gasteiger partial charge is 0.266 e. The summed E-state index contributed by atoms with van der Waals surface area (Å²) in [5.41, 5.74) is 1.06. The van der Waals surface area contributed by atoms with Crippen LogP contribution < -0.4 is 0 Å². The van der Waals surface area contributed by atoms with Gasteiger partial charge in [0.25, 0.3) is 5.17 Å². The fourth-order valence-electron chi connectivity index (χ4n) is 1.79. The number of carbonyl (C=O) groups is 1. The fourth-order valence-corrected chi connectivity index (χ4v) is 2.09. The standard InChI is InChI=1S/C12H13NO2S/c1-2-11(14)13-10(8-15-12(13)16)9-6-4-3-5-7-9/h3-7,10H,2,8H2,1H3. The first-order valence-corrected chi connectivity index (χ1v) is 5.68. The minimum absolute atomic E-state index is 0.0105. The molecule has 3 nitrogen and oxygen atoms in total. The number of carbonyl (C=O) groups excluding carboxylic acids is 1. The molecule has 1 aromatic rings. The Morgan fingerprint density at radius 1 is 1.50 bits per heavy atom. The summed E-state index contributed by atoms with van der Waals surface area (Å²) in [5, 5.41) is 0.292. The van der Waals surface area contributed by atoms with Crippen molar-refractivity contribution in [3.8, 4) is 0 Å². The van der Waals surface area contributed by atoms with Gasteiger partial charge in [0, 0.05) is 6.42 Å². The Morgan fingerprint density at radius 3 is 2.81 bits per heavy atom. The number of benzene rings is 1. The van der Waals surface area contributed by atoms with Gasteiger partial charge in [0.1, 0.15) is 6.61 Å². The first-order valence-electron chi connectivity index (χ1n) is 5.27. The largest absolute Gasteiger partial charge is 0.468 e. The Morgan fingerprint density at radius 2 is 2.19 bits per heavy atom. The van der Waals surface area contributed by atoms with Crippen LogP contribution in [-0.4, -0.2) is 22.6 Å². The maximum atomic E-state index is 11.8. The molecule has 2 rings (SSSR count). The molecule has 1 aromatic carbocycles. The summed E-state index contributed by atoms with van der Waals surface area (Å²) in [7, 11) is 0. The zero-order valence-electron chi connectivity index (χ0n) is 9.05. The van der Waals surface area contributed by atoms with E-state index in [4.69, 9.17) is 17.0 Å². The molecule has 0 aromatic heterocycles. The van der Waals surface area contributed by atoms with Crippen molar-refractivity contribution in [1.82, 2.24) is 4.90 Å². The third-order valence-electron chi connectivity index (χ3n) is 2.63. The van der Waals surface area contributed by atoms with Gasteiger partial charge in [-0.1, -0.05) is 37.3 Å². The highest BCUT2D eigenvalue weighted by Gasteiger charge is 2.34. The molecule has 1 fully saturated rings. The average molecular weight is 235 g/mol. The second-order valence-electron chi connectivity index (χ2n) is 3.62. The lowest BCUT2D eigenvalue weighted by Gasteiger charge is -2.20. The molecule has 0 saturated carbocycles. The van der Waals surface area contributed by atoms with Gasteiger partial charge >= 0.3 is 0 Å². The van der Waals surface area contributed by atoms with Gasteiger partial charge in [-0.3, -0.25) is 9.69 Å². The molecule has 1 amide bonds. The molecule has 0 aliphatic carbocycles. The Labute approximate surface area is 100 Å². The molecule has 0 spiro atoms. The van der Waals surface area contributed by atoms with Crippen molar-refractivity contribution in [2.75, 3.05) is 6.61 Å². The van der Waals surface area contributed by atoms with E-state index >= 15 is 0 Å². The SMILES string of the molecule is CCC(=O)N1C(=S)OCC1c1ccccc1. The summed E-state index contributed by atoms with van der Waals surface area (Å²) in [6, 6.07) is 9.75. The van der Waals surface area contributed by atoms with Gasteiger partial charge in [-0.15, -0.1) is 0 Å². The van der Waals surface area contributed by atoms with E-state index in [0.717, 1.165) is 5.56 Å². The van der Waals surface area contributed by atoms with E-state index in [9.17, 15) is 4.79 Å². The van der Waals surface area contributed by atoms with Crippen LogP contribution in [0.4, 0.5) is 0 Å². The number of thiocarbonyl (C=S) groups is 1. The van der Waals surface area contributed by atoms with Crippen LogP contribution in [0.25, 0.3) is 0 Å². The monoisotopic (exact) mass is 235 g/mol. The van der Waals surface area contributed by atoms with E-state index in [-0.39, 0.29) is 11.9 Å². The van der Waals surface area contributed by atoms with Gasteiger partial charge < -0.3 is 4.74 Å². The van der Waals surface area contributed by atoms with Crippen molar-refractivity contribution in [1.29, 1.82) is 0 Å². The molecule has 4 heteroatoms. The number of hydrogen-bond acceptors (Lipinski definition) is 3. The van der Waals surface area contributed by atoms with Crippen LogP contribution in [0, 0.1) is 0 Å². The second-order valence-corrected chi connectivity index (χ2v) is 3.97. The van der Waals surface area contributed by atoms with E-state index in [1.165, 1.54) is 0 Å². The Balaban J connectivity index is 2.28. The van der Waals surface area contributed by atoms with E-state index in [2.05, 4.69) is 0 Å². The second kappa shape index (κ2) is 4.61. The maximum Gasteiger partial charge on any atom is 0.266 e. The van der Waals surface area contributed by atoms with Gasteiger partial charge in [-0.25, -0.2) is 0 Å². The number of nitrogens with zero attached hydrogens (tertiary/aromatic N) is 1. The van der Waals surface area contributed by atoms with Crippen LogP contribution in [0.1, 0.15) is 24.9 Å². The number of amides is 1. The third kappa shape index (κ3) is 1.93. The first-order chi connectivity index (χ1) is 7.74. The Hall–Kier alpha value is -1.42. The van der Waals surface area contributed by atoms with Gasteiger partial charge in [-0.05, 0) is 17.8 Å². The van der Waals surface area contributed by atoms with Crippen LogP contribution >= 0.6 is 12.2 Å². The molecule has 0 N–H and O–H groups in total. The molecule has 84 valence electrons. The molecule has 1 heterocycles. The van der Waals surface area contributed by atoms with Crippen molar-refractivity contribution in [3.63, 3.8) is 0 Å². The van der Waals surface area contributed by atoms with Crippen molar-refractivity contribution in [2.24, 2.45) is 0 Å². The summed E-state index contributed by atoms with van der Waals surface area (Å²) in [4.78, 5) is 13.3. The van der Waals surface area contributed by atoms with E-state index in [1.807, 2.05) is 37.3 Å². The molecule has 0 radical (unpaired) electrons. The number of hydrogen-bond donors (Lipinski definition) is 0. The summed E-state index contributed by atoms with van der Waals surface area (Å²) in [6.07, 6.45) is 0.437. The summed E-state index contributed by atoms with van der Waals surface area (Å²) < 4.78 is 5.29. The molecule has 1 aliphatic heterocycles. The van der Waals surface area contributed by atoms with Crippen LogP contribution in [0.3, 0.4) is 0 Å². The third-order valence-corrected chi connectivity index (χ3v) is 2.94. The Bertz CT molecular complexity index is 405. The molecule has 16 heavy (non-hydrogen) atoms. The van der Waals surface area contributed by atoms with Gasteiger partial charge in [0.2, 0.25) is 5.91 Å². The lowest BCUT2D eigenvalue weighted by molar-refractivity contribution is -0.128. The van der Waals surface area contributed by atoms with Crippen LogP contribution in [0.5, 0.6) is 0 Å². The highest BCUT2D eigenvalue weighted by molar-refractivity contribution is 7.80. The van der Waals surface area contributed by atoms with Gasteiger partial charge in [-0.2, -0.15) is 0 Å². The summed E-state index contributed by atoms with van der Waals surface area (Å²) in [5.74, 6) is 0.0105. The van der Waals surface area contributed by atoms with Crippen LogP contribution in [0.15, 0.2) is 30.3 Å². The summed E-state index contributed by atoms with van der Waals surface area (Å²) >= 11 is 5.04. The molecule has 1 aliphatic rings. The van der Waals surface area contributed by atoms with Crippen molar-refractivity contribution in [3.05, 3.63) is 35.9 Å². The van der Waals surface area contributed by atoms with Gasteiger partial charge in [0.15, 0.2) is 0 Å². The number of rotatable bonds is 2. The van der Waals surface area contributed by atoms with Gasteiger partial charge in [0.05, 0.1) is 6.04 Å². The number of ether oxygens (including phenoxy) is 1. The summed E-state index contributed by atoms with van der Waals surface area (Å²) in [6.45, 7) is 2.28. The Kier molecular flexibility index (Phi) is 3.19. The van der Waals surface area contributed by atoms with Crippen LogP contribution in [-0.2, 0) is 9.53 Å².